The lowest BCUT2D eigenvalue weighted by atomic mass is 9.98. The van der Waals surface area contributed by atoms with E-state index >= 15 is 0 Å². The Morgan fingerprint density at radius 2 is 2.30 bits per heavy atom. The summed E-state index contributed by atoms with van der Waals surface area (Å²) in [6, 6.07) is 3.86. The SMILES string of the molecule is CN(C)C(=O)CNC(=O)[C@]1(C)CC(c2cccs2)=NO1. The summed E-state index contributed by atoms with van der Waals surface area (Å²) in [4.78, 5) is 31.3. The number of hydrogen-bond donors (Lipinski definition) is 1. The van der Waals surface area contributed by atoms with Crippen LogP contribution < -0.4 is 5.32 Å². The van der Waals surface area contributed by atoms with Gasteiger partial charge in [-0.1, -0.05) is 11.2 Å². The van der Waals surface area contributed by atoms with Gasteiger partial charge in [0.1, 0.15) is 5.71 Å². The van der Waals surface area contributed by atoms with Gasteiger partial charge in [0.25, 0.3) is 5.91 Å². The van der Waals surface area contributed by atoms with Crippen molar-refractivity contribution >= 4 is 28.9 Å². The molecule has 6 nitrogen and oxygen atoms in total. The van der Waals surface area contributed by atoms with Gasteiger partial charge in [-0.15, -0.1) is 11.3 Å². The maximum absolute atomic E-state index is 12.1. The van der Waals surface area contributed by atoms with E-state index in [0.717, 1.165) is 10.6 Å². The Balaban J connectivity index is 1.93. The molecule has 7 heteroatoms. The van der Waals surface area contributed by atoms with Gasteiger partial charge in [0.15, 0.2) is 0 Å². The van der Waals surface area contributed by atoms with E-state index in [2.05, 4.69) is 10.5 Å². The maximum atomic E-state index is 12.1. The van der Waals surface area contributed by atoms with Gasteiger partial charge in [-0.25, -0.2) is 0 Å². The molecule has 1 aliphatic heterocycles. The molecule has 0 radical (unpaired) electrons. The van der Waals surface area contributed by atoms with Crippen molar-refractivity contribution in [2.45, 2.75) is 18.9 Å². The molecule has 1 aromatic heterocycles. The second-order valence-corrected chi connectivity index (χ2v) is 5.93. The van der Waals surface area contributed by atoms with E-state index < -0.39 is 5.60 Å². The molecule has 2 amide bonds. The van der Waals surface area contributed by atoms with Crippen LogP contribution >= 0.6 is 11.3 Å². The topological polar surface area (TPSA) is 71.0 Å². The van der Waals surface area contributed by atoms with Gasteiger partial charge >= 0.3 is 0 Å². The van der Waals surface area contributed by atoms with Gasteiger partial charge < -0.3 is 15.1 Å². The minimum Gasteiger partial charge on any atom is -0.379 e. The quantitative estimate of drug-likeness (QED) is 0.894. The molecule has 0 saturated carbocycles. The molecular weight excluding hydrogens is 278 g/mol. The van der Waals surface area contributed by atoms with Gasteiger partial charge in [-0.2, -0.15) is 0 Å². The predicted molar refractivity (Wildman–Crippen MR) is 76.7 cm³/mol. The number of rotatable bonds is 4. The summed E-state index contributed by atoms with van der Waals surface area (Å²) in [5.41, 5.74) is -0.289. The first-order chi connectivity index (χ1) is 9.42. The minimum atomic E-state index is -1.05. The molecule has 1 atom stereocenters. The van der Waals surface area contributed by atoms with Gasteiger partial charge in [0.2, 0.25) is 11.5 Å². The number of carbonyl (C=O) groups excluding carboxylic acids is 2. The van der Waals surface area contributed by atoms with Crippen LogP contribution in [0.5, 0.6) is 0 Å². The lowest BCUT2D eigenvalue weighted by Crippen LogP contribution is -2.47. The van der Waals surface area contributed by atoms with E-state index in [0.29, 0.717) is 6.42 Å². The summed E-state index contributed by atoms with van der Waals surface area (Å²) in [7, 11) is 3.28. The zero-order valence-corrected chi connectivity index (χ0v) is 12.5. The van der Waals surface area contributed by atoms with Crippen molar-refractivity contribution < 1.29 is 14.4 Å². The highest BCUT2D eigenvalue weighted by Gasteiger charge is 2.42. The summed E-state index contributed by atoms with van der Waals surface area (Å²) in [5.74, 6) is -0.498. The van der Waals surface area contributed by atoms with Crippen molar-refractivity contribution in [1.82, 2.24) is 10.2 Å². The Labute approximate surface area is 121 Å². The van der Waals surface area contributed by atoms with E-state index in [1.54, 1.807) is 32.4 Å². The fourth-order valence-corrected chi connectivity index (χ4v) is 2.44. The Hall–Kier alpha value is -1.89. The molecule has 0 spiro atoms. The largest absolute Gasteiger partial charge is 0.379 e. The van der Waals surface area contributed by atoms with Crippen LogP contribution in [0.2, 0.25) is 0 Å². The molecule has 20 heavy (non-hydrogen) atoms. The highest BCUT2D eigenvalue weighted by Crippen LogP contribution is 2.28. The third-order valence-electron chi connectivity index (χ3n) is 3.05. The number of amides is 2. The van der Waals surface area contributed by atoms with E-state index in [9.17, 15) is 9.59 Å². The van der Waals surface area contributed by atoms with Crippen LogP contribution in [0.4, 0.5) is 0 Å². The smallest absolute Gasteiger partial charge is 0.267 e. The van der Waals surface area contributed by atoms with Crippen molar-refractivity contribution in [1.29, 1.82) is 0 Å². The zero-order chi connectivity index (χ0) is 14.8. The summed E-state index contributed by atoms with van der Waals surface area (Å²) in [6.07, 6.45) is 0.398. The Morgan fingerprint density at radius 3 is 2.90 bits per heavy atom. The molecule has 0 saturated heterocycles. The number of nitrogens with zero attached hydrogens (tertiary/aromatic N) is 2. The normalized spacial score (nSPS) is 21.1. The van der Waals surface area contributed by atoms with Crippen molar-refractivity contribution in [3.05, 3.63) is 22.4 Å². The molecule has 1 aliphatic rings. The van der Waals surface area contributed by atoms with E-state index in [-0.39, 0.29) is 18.4 Å². The number of likely N-dealkylation sites (N-methyl/N-ethyl adjacent to an activating group) is 1. The third kappa shape index (κ3) is 2.98. The summed E-state index contributed by atoms with van der Waals surface area (Å²) in [6.45, 7) is 1.63. The van der Waals surface area contributed by atoms with Crippen molar-refractivity contribution in [3.8, 4) is 0 Å². The number of carbonyl (C=O) groups is 2. The van der Waals surface area contributed by atoms with Gasteiger partial charge in [-0.05, 0) is 18.4 Å². The summed E-state index contributed by atoms with van der Waals surface area (Å²) in [5, 5.41) is 8.52. The van der Waals surface area contributed by atoms with Crippen LogP contribution in [0, 0.1) is 0 Å². The fourth-order valence-electron chi connectivity index (χ4n) is 1.74. The standard InChI is InChI=1S/C13H17N3O3S/c1-13(12(18)14-8-11(17)16(2)3)7-9(15-19-13)10-5-4-6-20-10/h4-6H,7-8H2,1-3H3,(H,14,18)/t13-/m0/s1. The molecule has 0 aromatic carbocycles. The van der Waals surface area contributed by atoms with Crippen LogP contribution in [-0.2, 0) is 14.4 Å². The number of nitrogens with one attached hydrogen (secondary N) is 1. The van der Waals surface area contributed by atoms with Crippen molar-refractivity contribution in [3.63, 3.8) is 0 Å². The van der Waals surface area contributed by atoms with Crippen LogP contribution in [0.3, 0.4) is 0 Å². The van der Waals surface area contributed by atoms with Gasteiger partial charge in [0.05, 0.1) is 11.4 Å². The average Bonchev–Trinajstić information content (AvgIpc) is 3.04. The Bertz CT molecular complexity index is 539. The molecule has 1 N–H and O–H groups in total. The molecule has 2 heterocycles. The molecule has 0 unspecified atom stereocenters. The van der Waals surface area contributed by atoms with Crippen LogP contribution in [0.25, 0.3) is 0 Å². The highest BCUT2D eigenvalue weighted by atomic mass is 32.1. The maximum Gasteiger partial charge on any atom is 0.267 e. The zero-order valence-electron chi connectivity index (χ0n) is 11.7. The van der Waals surface area contributed by atoms with Gasteiger partial charge in [0, 0.05) is 20.5 Å². The molecule has 2 rings (SSSR count). The molecule has 108 valence electrons. The second kappa shape index (κ2) is 5.62. The summed E-state index contributed by atoms with van der Waals surface area (Å²) >= 11 is 1.55. The molecular formula is C13H17N3O3S. The molecule has 1 aromatic rings. The van der Waals surface area contributed by atoms with E-state index in [4.69, 9.17) is 4.84 Å². The first kappa shape index (κ1) is 14.5. The fraction of sp³-hybridized carbons (Fsp3) is 0.462. The number of oxime groups is 1. The van der Waals surface area contributed by atoms with E-state index in [1.807, 2.05) is 17.5 Å². The van der Waals surface area contributed by atoms with Crippen molar-refractivity contribution in [2.75, 3.05) is 20.6 Å². The first-order valence-electron chi connectivity index (χ1n) is 6.20. The Morgan fingerprint density at radius 1 is 1.55 bits per heavy atom. The third-order valence-corrected chi connectivity index (χ3v) is 3.97. The molecule has 0 aliphatic carbocycles. The minimum absolute atomic E-state index is 0.0425. The predicted octanol–water partition coefficient (Wildman–Crippen LogP) is 0.836. The molecule has 0 fully saturated rings. The lowest BCUT2D eigenvalue weighted by Gasteiger charge is -2.20. The van der Waals surface area contributed by atoms with Gasteiger partial charge in [-0.3, -0.25) is 9.59 Å². The lowest BCUT2D eigenvalue weighted by molar-refractivity contribution is -0.143. The second-order valence-electron chi connectivity index (χ2n) is 4.99. The Kier molecular flexibility index (Phi) is 4.08. The van der Waals surface area contributed by atoms with Crippen molar-refractivity contribution in [2.24, 2.45) is 5.16 Å². The van der Waals surface area contributed by atoms with Crippen LogP contribution in [-0.4, -0.2) is 48.7 Å². The van der Waals surface area contributed by atoms with Crippen LogP contribution in [0.1, 0.15) is 18.2 Å². The molecule has 0 bridgehead atoms. The first-order valence-corrected chi connectivity index (χ1v) is 7.08. The van der Waals surface area contributed by atoms with E-state index in [1.165, 1.54) is 4.90 Å². The highest BCUT2D eigenvalue weighted by molar-refractivity contribution is 7.12. The number of thiophene rings is 1. The average molecular weight is 295 g/mol. The van der Waals surface area contributed by atoms with Crippen LogP contribution in [0.15, 0.2) is 22.7 Å². The number of hydrogen-bond acceptors (Lipinski definition) is 5. The summed E-state index contributed by atoms with van der Waals surface area (Å²) < 4.78 is 0. The monoisotopic (exact) mass is 295 g/mol.